The van der Waals surface area contributed by atoms with Gasteiger partial charge in [0.25, 0.3) is 5.56 Å². The molecule has 0 saturated carbocycles. The summed E-state index contributed by atoms with van der Waals surface area (Å²) in [5.74, 6) is 7.16. The maximum atomic E-state index is 13.0. The number of thioether (sulfide) groups is 1. The van der Waals surface area contributed by atoms with E-state index < -0.39 is 0 Å². The van der Waals surface area contributed by atoms with Crippen molar-refractivity contribution in [2.24, 2.45) is 0 Å². The number of benzene rings is 2. The van der Waals surface area contributed by atoms with Crippen LogP contribution in [0, 0.1) is 5.82 Å². The first-order chi connectivity index (χ1) is 14.0. The molecule has 0 aliphatic rings. The molecule has 0 radical (unpaired) electrons. The molecule has 2 aromatic heterocycles. The van der Waals surface area contributed by atoms with Gasteiger partial charge in [-0.1, -0.05) is 23.9 Å². The van der Waals surface area contributed by atoms with Crippen molar-refractivity contribution >= 4 is 22.7 Å². The number of hydrogen-bond donors (Lipinski definition) is 2. The molecule has 0 aliphatic carbocycles. The van der Waals surface area contributed by atoms with E-state index in [0.717, 1.165) is 0 Å². The van der Waals surface area contributed by atoms with Gasteiger partial charge in [0.15, 0.2) is 5.82 Å². The van der Waals surface area contributed by atoms with Crippen LogP contribution in [0.15, 0.2) is 58.5 Å². The fraction of sp³-hybridized carbons (Fsp3) is 0.158. The number of H-pyrrole nitrogens is 1. The Bertz CT molecular complexity index is 1210. The lowest BCUT2D eigenvalue weighted by molar-refractivity contribution is 0.291. The zero-order chi connectivity index (χ0) is 20.4. The van der Waals surface area contributed by atoms with Crippen molar-refractivity contribution in [2.75, 3.05) is 5.84 Å². The molecule has 4 aromatic rings. The lowest BCUT2D eigenvalue weighted by atomic mass is 10.2. The highest BCUT2D eigenvalue weighted by Gasteiger charge is 2.18. The van der Waals surface area contributed by atoms with Crippen LogP contribution >= 0.6 is 11.8 Å². The second-order valence-corrected chi connectivity index (χ2v) is 7.55. The third-order valence-electron chi connectivity index (χ3n) is 4.22. The van der Waals surface area contributed by atoms with E-state index in [1.54, 1.807) is 18.2 Å². The number of hydrogen-bond acceptors (Lipinski definition) is 7. The number of ether oxygens (including phenoxy) is 1. The molecule has 0 fully saturated rings. The van der Waals surface area contributed by atoms with E-state index in [9.17, 15) is 9.18 Å². The molecule has 2 heterocycles. The summed E-state index contributed by atoms with van der Waals surface area (Å²) in [6.07, 6.45) is 0. The summed E-state index contributed by atoms with van der Waals surface area (Å²) >= 11 is 1.31. The lowest BCUT2D eigenvalue weighted by Gasteiger charge is -2.11. The first kappa shape index (κ1) is 18.9. The number of nitrogens with two attached hydrogens (primary N) is 1. The van der Waals surface area contributed by atoms with Crippen LogP contribution in [0.5, 0.6) is 5.75 Å². The van der Waals surface area contributed by atoms with Crippen LogP contribution in [0.4, 0.5) is 4.39 Å². The Morgan fingerprint density at radius 3 is 2.76 bits per heavy atom. The summed E-state index contributed by atoms with van der Waals surface area (Å²) in [6, 6.07) is 12.8. The number of halogens is 1. The monoisotopic (exact) mass is 412 g/mol. The molecule has 0 spiro atoms. The molecule has 4 rings (SSSR count). The average molecular weight is 412 g/mol. The smallest absolute Gasteiger partial charge is 0.258 e. The van der Waals surface area contributed by atoms with Crippen LogP contribution in [0.3, 0.4) is 0 Å². The number of rotatable bonds is 6. The van der Waals surface area contributed by atoms with Gasteiger partial charge in [-0.3, -0.25) is 4.79 Å². The number of aromatic amines is 1. The Morgan fingerprint density at radius 2 is 1.97 bits per heavy atom. The van der Waals surface area contributed by atoms with Gasteiger partial charge in [0.2, 0.25) is 5.16 Å². The summed E-state index contributed by atoms with van der Waals surface area (Å²) in [4.78, 5) is 19.6. The van der Waals surface area contributed by atoms with E-state index in [2.05, 4.69) is 20.2 Å². The van der Waals surface area contributed by atoms with E-state index in [1.807, 2.05) is 13.0 Å². The average Bonchev–Trinajstić information content (AvgIpc) is 3.07. The number of para-hydroxylation sites is 1. The fourth-order valence-electron chi connectivity index (χ4n) is 2.68. The minimum atomic E-state index is -0.340. The Labute approximate surface area is 168 Å². The number of fused-ring (bicyclic) bond motifs is 1. The molecule has 0 saturated heterocycles. The van der Waals surface area contributed by atoms with Gasteiger partial charge in [-0.2, -0.15) is 0 Å². The van der Waals surface area contributed by atoms with E-state index >= 15 is 0 Å². The third kappa shape index (κ3) is 4.06. The van der Waals surface area contributed by atoms with Crippen LogP contribution < -0.4 is 16.1 Å². The van der Waals surface area contributed by atoms with E-state index in [1.165, 1.54) is 40.7 Å². The van der Waals surface area contributed by atoms with Crippen LogP contribution in [-0.2, 0) is 6.61 Å². The van der Waals surface area contributed by atoms with Gasteiger partial charge in [0.1, 0.15) is 24.0 Å². The summed E-state index contributed by atoms with van der Waals surface area (Å²) in [7, 11) is 0. The number of nitrogen functional groups attached to an aromatic ring is 1. The Balaban J connectivity index is 1.48. The van der Waals surface area contributed by atoms with Gasteiger partial charge in [-0.15, -0.1) is 10.2 Å². The topological polar surface area (TPSA) is 112 Å². The summed E-state index contributed by atoms with van der Waals surface area (Å²) in [5.41, 5.74) is 0.432. The Morgan fingerprint density at radius 1 is 1.21 bits per heavy atom. The third-order valence-corrected chi connectivity index (χ3v) is 5.28. The van der Waals surface area contributed by atoms with Crippen molar-refractivity contribution in [3.63, 3.8) is 0 Å². The van der Waals surface area contributed by atoms with Gasteiger partial charge in [-0.05, 0) is 43.3 Å². The molecule has 0 bridgehead atoms. The normalized spacial score (nSPS) is 12.2. The summed E-state index contributed by atoms with van der Waals surface area (Å²) in [6.45, 7) is 1.97. The zero-order valence-electron chi connectivity index (χ0n) is 15.4. The molecule has 148 valence electrons. The maximum absolute atomic E-state index is 13.0. The molecule has 29 heavy (non-hydrogen) atoms. The van der Waals surface area contributed by atoms with Crippen LogP contribution in [0.1, 0.15) is 23.8 Å². The quantitative estimate of drug-likeness (QED) is 0.370. The predicted octanol–water partition coefficient (Wildman–Crippen LogP) is 2.80. The van der Waals surface area contributed by atoms with Gasteiger partial charge in [-0.25, -0.2) is 14.1 Å². The van der Waals surface area contributed by atoms with Gasteiger partial charge in [0.05, 0.1) is 16.2 Å². The van der Waals surface area contributed by atoms with Crippen LogP contribution in [-0.4, -0.2) is 24.8 Å². The van der Waals surface area contributed by atoms with Gasteiger partial charge in [0, 0.05) is 0 Å². The van der Waals surface area contributed by atoms with Gasteiger partial charge < -0.3 is 15.6 Å². The molecule has 0 aliphatic heterocycles. The van der Waals surface area contributed by atoms with Crippen molar-refractivity contribution in [2.45, 2.75) is 23.9 Å². The van der Waals surface area contributed by atoms with E-state index in [-0.39, 0.29) is 23.2 Å². The second kappa shape index (κ2) is 7.92. The molecule has 8 nitrogen and oxygen atoms in total. The lowest BCUT2D eigenvalue weighted by Crippen LogP contribution is -2.17. The van der Waals surface area contributed by atoms with Crippen molar-refractivity contribution < 1.29 is 9.13 Å². The molecular formula is C19H17FN6O2S. The standard InChI is InChI=1S/C19H17FN6O2S/c1-11(17-22-15-5-3-2-4-14(15)18(27)23-17)29-19-25-24-16(26(19)21)10-28-13-8-6-12(20)7-9-13/h2-9,11H,10,21H2,1H3,(H,22,23,27)/t11-/m1/s1. The molecule has 3 N–H and O–H groups in total. The van der Waals surface area contributed by atoms with Crippen LogP contribution in [0.25, 0.3) is 10.9 Å². The Hall–Kier alpha value is -3.40. The summed E-state index contributed by atoms with van der Waals surface area (Å²) < 4.78 is 19.8. The zero-order valence-corrected chi connectivity index (χ0v) is 16.2. The molecule has 0 amide bonds. The molecular weight excluding hydrogens is 395 g/mol. The molecule has 1 atom stereocenters. The van der Waals surface area contributed by atoms with Crippen molar-refractivity contribution in [3.05, 3.63) is 76.4 Å². The first-order valence-corrected chi connectivity index (χ1v) is 9.62. The highest BCUT2D eigenvalue weighted by atomic mass is 32.2. The fourth-order valence-corrected chi connectivity index (χ4v) is 3.52. The van der Waals surface area contributed by atoms with Gasteiger partial charge >= 0.3 is 0 Å². The number of nitrogens with one attached hydrogen (secondary N) is 1. The largest absolute Gasteiger partial charge is 0.486 e. The van der Waals surface area contributed by atoms with Crippen LogP contribution in [0.2, 0.25) is 0 Å². The van der Waals surface area contributed by atoms with E-state index in [4.69, 9.17) is 10.6 Å². The maximum Gasteiger partial charge on any atom is 0.258 e. The molecule has 0 unspecified atom stereocenters. The van der Waals surface area contributed by atoms with Crippen molar-refractivity contribution in [1.29, 1.82) is 0 Å². The highest BCUT2D eigenvalue weighted by molar-refractivity contribution is 7.99. The van der Waals surface area contributed by atoms with Crippen molar-refractivity contribution in [1.82, 2.24) is 24.8 Å². The Kier molecular flexibility index (Phi) is 5.17. The number of aromatic nitrogens is 5. The predicted molar refractivity (Wildman–Crippen MR) is 108 cm³/mol. The second-order valence-electron chi connectivity index (χ2n) is 6.24. The van der Waals surface area contributed by atoms with E-state index in [0.29, 0.717) is 33.5 Å². The molecule has 10 heteroatoms. The first-order valence-electron chi connectivity index (χ1n) is 8.74. The van der Waals surface area contributed by atoms with Crippen molar-refractivity contribution in [3.8, 4) is 5.75 Å². The number of nitrogens with zero attached hydrogens (tertiary/aromatic N) is 4. The minimum absolute atomic E-state index is 0.0785. The SMILES string of the molecule is C[C@@H](Sc1nnc(COc2ccc(F)cc2)n1N)c1nc2ccccc2c(=O)[nH]1. The molecule has 2 aromatic carbocycles. The highest BCUT2D eigenvalue weighted by Crippen LogP contribution is 2.31. The minimum Gasteiger partial charge on any atom is -0.486 e. The summed E-state index contributed by atoms with van der Waals surface area (Å²) in [5, 5.41) is 8.89.